The third kappa shape index (κ3) is 3.60. The molecule has 2 heterocycles. The highest BCUT2D eigenvalue weighted by Gasteiger charge is 2.18. The van der Waals surface area contributed by atoms with Gasteiger partial charge in [0.05, 0.1) is 11.8 Å². The fourth-order valence-corrected chi connectivity index (χ4v) is 4.36. The van der Waals surface area contributed by atoms with Gasteiger partial charge in [-0.3, -0.25) is 9.36 Å². The molecule has 0 aliphatic rings. The molecule has 3 aromatic carbocycles. The molecule has 0 aliphatic carbocycles. The number of benzene rings is 3. The molecular formula is C27H24FN3O. The van der Waals surface area contributed by atoms with Crippen molar-refractivity contribution in [3.8, 4) is 0 Å². The van der Waals surface area contributed by atoms with Crippen LogP contribution in [0.3, 0.4) is 0 Å². The van der Waals surface area contributed by atoms with Crippen molar-refractivity contribution in [2.75, 3.05) is 0 Å². The average Bonchev–Trinajstić information content (AvgIpc) is 3.11. The van der Waals surface area contributed by atoms with Gasteiger partial charge in [0.2, 0.25) is 0 Å². The summed E-state index contributed by atoms with van der Waals surface area (Å²) < 4.78 is 17.1. The van der Waals surface area contributed by atoms with Gasteiger partial charge in [-0.05, 0) is 48.2 Å². The van der Waals surface area contributed by atoms with Gasteiger partial charge in [-0.2, -0.15) is 0 Å². The summed E-state index contributed by atoms with van der Waals surface area (Å²) in [5, 5.41) is 0.961. The Morgan fingerprint density at radius 3 is 2.50 bits per heavy atom. The third-order valence-corrected chi connectivity index (χ3v) is 6.07. The molecule has 0 fully saturated rings. The third-order valence-electron chi connectivity index (χ3n) is 6.07. The summed E-state index contributed by atoms with van der Waals surface area (Å²) in [4.78, 5) is 18.4. The summed E-state index contributed by atoms with van der Waals surface area (Å²) in [5.74, 6) is -0.101. The normalized spacial score (nSPS) is 12.5. The lowest BCUT2D eigenvalue weighted by atomic mass is 10.0. The van der Waals surface area contributed by atoms with Gasteiger partial charge in [-0.15, -0.1) is 0 Å². The molecule has 2 aromatic heterocycles. The van der Waals surface area contributed by atoms with Gasteiger partial charge in [0.1, 0.15) is 16.9 Å². The second-order valence-electron chi connectivity index (χ2n) is 8.44. The highest BCUT2D eigenvalue weighted by molar-refractivity contribution is 6.05. The van der Waals surface area contributed by atoms with Crippen LogP contribution in [0.15, 0.2) is 83.9 Å². The first kappa shape index (κ1) is 20.2. The van der Waals surface area contributed by atoms with Crippen molar-refractivity contribution in [1.82, 2.24) is 14.1 Å². The molecule has 0 unspecified atom stereocenters. The fraction of sp³-hybridized carbons (Fsp3) is 0.185. The number of hydrogen-bond donors (Lipinski definition) is 0. The summed E-state index contributed by atoms with van der Waals surface area (Å²) in [6.45, 7) is 5.16. The maximum Gasteiger partial charge on any atom is 0.277 e. The molecule has 0 spiro atoms. The topological polar surface area (TPSA) is 39.8 Å². The lowest BCUT2D eigenvalue weighted by Crippen LogP contribution is -2.24. The van der Waals surface area contributed by atoms with Crippen LogP contribution < -0.4 is 5.56 Å². The Morgan fingerprint density at radius 2 is 1.75 bits per heavy atom. The first-order valence-electron chi connectivity index (χ1n) is 10.8. The smallest absolute Gasteiger partial charge is 0.277 e. The minimum absolute atomic E-state index is 0.0613. The molecule has 4 nitrogen and oxygen atoms in total. The first-order chi connectivity index (χ1) is 15.5. The Hall–Kier alpha value is -3.73. The lowest BCUT2D eigenvalue weighted by molar-refractivity contribution is 0.575. The highest BCUT2D eigenvalue weighted by Crippen LogP contribution is 2.28. The zero-order chi connectivity index (χ0) is 22.2. The van der Waals surface area contributed by atoms with Crippen molar-refractivity contribution < 1.29 is 4.39 Å². The van der Waals surface area contributed by atoms with E-state index >= 15 is 0 Å². The van der Waals surface area contributed by atoms with E-state index in [-0.39, 0.29) is 17.3 Å². The van der Waals surface area contributed by atoms with Crippen LogP contribution in [0.1, 0.15) is 29.5 Å². The summed E-state index contributed by atoms with van der Waals surface area (Å²) in [5.41, 5.74) is 5.40. The van der Waals surface area contributed by atoms with Crippen LogP contribution in [0.5, 0.6) is 0 Å². The molecule has 5 heteroatoms. The monoisotopic (exact) mass is 425 g/mol. The molecule has 0 N–H and O–H groups in total. The number of halogens is 1. The van der Waals surface area contributed by atoms with Gasteiger partial charge in [0.25, 0.3) is 5.56 Å². The Kier molecular flexibility index (Phi) is 5.10. The first-order valence-corrected chi connectivity index (χ1v) is 10.8. The van der Waals surface area contributed by atoms with Crippen molar-refractivity contribution >= 4 is 21.9 Å². The molecule has 0 amide bonds. The predicted molar refractivity (Wildman–Crippen MR) is 127 cm³/mol. The number of aryl methyl sites for hydroxylation is 1. The van der Waals surface area contributed by atoms with Gasteiger partial charge in [-0.25, -0.2) is 9.37 Å². The van der Waals surface area contributed by atoms with E-state index in [1.807, 2.05) is 41.8 Å². The fourth-order valence-electron chi connectivity index (χ4n) is 4.36. The average molecular weight is 426 g/mol. The number of aromatic nitrogens is 3. The number of hydrogen-bond acceptors (Lipinski definition) is 2. The second kappa shape index (κ2) is 8.08. The van der Waals surface area contributed by atoms with Crippen molar-refractivity contribution in [2.24, 2.45) is 0 Å². The summed E-state index contributed by atoms with van der Waals surface area (Å²) in [6, 6.07) is 22.7. The maximum atomic E-state index is 13.7. The molecule has 32 heavy (non-hydrogen) atoms. The molecule has 0 aliphatic heterocycles. The minimum atomic E-state index is -0.273. The van der Waals surface area contributed by atoms with Gasteiger partial charge >= 0.3 is 0 Å². The Labute approximate surface area is 185 Å². The summed E-state index contributed by atoms with van der Waals surface area (Å²) >= 11 is 0. The maximum absolute atomic E-state index is 13.7. The molecule has 0 saturated carbocycles. The van der Waals surface area contributed by atoms with E-state index in [4.69, 9.17) is 4.98 Å². The Balaban J connectivity index is 1.66. The zero-order valence-corrected chi connectivity index (χ0v) is 18.1. The van der Waals surface area contributed by atoms with Crippen LogP contribution in [-0.2, 0) is 13.1 Å². The second-order valence-corrected chi connectivity index (χ2v) is 8.44. The van der Waals surface area contributed by atoms with Crippen molar-refractivity contribution in [2.45, 2.75) is 32.9 Å². The van der Waals surface area contributed by atoms with E-state index in [1.165, 1.54) is 17.7 Å². The molecule has 160 valence electrons. The van der Waals surface area contributed by atoms with E-state index in [2.05, 4.69) is 25.1 Å². The van der Waals surface area contributed by atoms with Crippen LogP contribution >= 0.6 is 0 Å². The standard InChI is InChI=1S/C27H24FN3O/c1-18-8-13-24-23(14-18)25-26(31(24)16-20-9-11-22(28)12-10-20)27(32)30(17-29-25)15-19(2)21-6-4-3-5-7-21/h3-14,17,19H,15-16H2,1-2H3/t19-/m0/s1. The largest absolute Gasteiger partial charge is 0.330 e. The number of fused-ring (bicyclic) bond motifs is 3. The molecule has 0 saturated heterocycles. The van der Waals surface area contributed by atoms with Crippen molar-refractivity contribution in [3.63, 3.8) is 0 Å². The molecule has 0 bridgehead atoms. The van der Waals surface area contributed by atoms with E-state index < -0.39 is 0 Å². The number of rotatable bonds is 5. The van der Waals surface area contributed by atoms with Crippen LogP contribution in [0.25, 0.3) is 21.9 Å². The lowest BCUT2D eigenvalue weighted by Gasteiger charge is -2.14. The van der Waals surface area contributed by atoms with Gasteiger partial charge < -0.3 is 4.57 Å². The van der Waals surface area contributed by atoms with Crippen LogP contribution in [-0.4, -0.2) is 14.1 Å². The van der Waals surface area contributed by atoms with E-state index in [1.54, 1.807) is 23.0 Å². The van der Waals surface area contributed by atoms with Gasteiger partial charge in [0.15, 0.2) is 0 Å². The van der Waals surface area contributed by atoms with Gasteiger partial charge in [0, 0.05) is 18.5 Å². The summed E-state index contributed by atoms with van der Waals surface area (Å²) in [6.07, 6.45) is 1.66. The predicted octanol–water partition coefficient (Wildman–Crippen LogP) is 5.65. The van der Waals surface area contributed by atoms with E-state index in [0.29, 0.717) is 24.1 Å². The summed E-state index contributed by atoms with van der Waals surface area (Å²) in [7, 11) is 0. The molecule has 1 atom stereocenters. The van der Waals surface area contributed by atoms with E-state index in [0.717, 1.165) is 22.0 Å². The highest BCUT2D eigenvalue weighted by atomic mass is 19.1. The van der Waals surface area contributed by atoms with Crippen LogP contribution in [0.4, 0.5) is 4.39 Å². The molecule has 5 aromatic rings. The van der Waals surface area contributed by atoms with Crippen molar-refractivity contribution in [3.05, 3.63) is 112 Å². The molecular weight excluding hydrogens is 401 g/mol. The quantitative estimate of drug-likeness (QED) is 0.365. The Morgan fingerprint density at radius 1 is 1.00 bits per heavy atom. The number of nitrogens with zero attached hydrogens (tertiary/aromatic N) is 3. The SMILES string of the molecule is Cc1ccc2c(c1)c1ncn(C[C@H](C)c3ccccc3)c(=O)c1n2Cc1ccc(F)cc1. The van der Waals surface area contributed by atoms with Gasteiger partial charge in [-0.1, -0.05) is 61.0 Å². The minimum Gasteiger partial charge on any atom is -0.330 e. The molecule has 5 rings (SSSR count). The van der Waals surface area contributed by atoms with Crippen molar-refractivity contribution in [1.29, 1.82) is 0 Å². The molecule has 0 radical (unpaired) electrons. The van der Waals surface area contributed by atoms with Crippen LogP contribution in [0, 0.1) is 12.7 Å². The Bertz CT molecular complexity index is 1470. The van der Waals surface area contributed by atoms with E-state index in [9.17, 15) is 9.18 Å². The van der Waals surface area contributed by atoms with Crippen LogP contribution in [0.2, 0.25) is 0 Å². The zero-order valence-electron chi connectivity index (χ0n) is 18.1.